The van der Waals surface area contributed by atoms with E-state index in [4.69, 9.17) is 16.4 Å². The van der Waals surface area contributed by atoms with Crippen molar-refractivity contribution < 1.29 is 4.74 Å². The highest BCUT2D eigenvalue weighted by molar-refractivity contribution is 4.83. The topological polar surface area (TPSA) is 33.0 Å². The predicted octanol–water partition coefficient (Wildman–Crippen LogP) is 0.550. The summed E-state index contributed by atoms with van der Waals surface area (Å²) < 4.78 is 4.76. The summed E-state index contributed by atoms with van der Waals surface area (Å²) in [4.78, 5) is 0. The van der Waals surface area contributed by atoms with E-state index in [1.165, 1.54) is 0 Å². The molecule has 0 radical (unpaired) electrons. The quantitative estimate of drug-likeness (QED) is 0.391. The third kappa shape index (κ3) is 5.01. The number of nitrogens with zero attached hydrogens (tertiary/aromatic N) is 1. The molecule has 0 amide bonds. The van der Waals surface area contributed by atoms with Crippen molar-refractivity contribution in [2.45, 2.75) is 6.42 Å². The summed E-state index contributed by atoms with van der Waals surface area (Å²) in [6.45, 7) is 0.752. The van der Waals surface area contributed by atoms with E-state index in [1.807, 2.05) is 6.07 Å². The molecule has 0 aromatic heterocycles. The monoisotopic (exact) mass is 109 g/mol. The lowest BCUT2D eigenvalue weighted by atomic mass is 10.5. The number of hydrogen-bond acceptors (Lipinski definition) is 2. The molecule has 0 fully saturated rings. The molecule has 0 saturated heterocycles. The second-order valence-corrected chi connectivity index (χ2v) is 1.16. The van der Waals surface area contributed by atoms with Gasteiger partial charge in [-0.25, -0.2) is 0 Å². The van der Waals surface area contributed by atoms with Crippen LogP contribution in [0.25, 0.3) is 0 Å². The maximum absolute atomic E-state index is 7.98. The zero-order valence-electron chi connectivity index (χ0n) is 4.55. The Morgan fingerprint density at radius 3 is 2.88 bits per heavy atom. The first-order valence-electron chi connectivity index (χ1n) is 2.30. The van der Waals surface area contributed by atoms with Crippen LogP contribution in [0.15, 0.2) is 0 Å². The molecule has 0 N–H and O–H groups in total. The van der Waals surface area contributed by atoms with E-state index in [0.29, 0.717) is 19.6 Å². The minimum atomic E-state index is 0.307. The molecule has 0 aromatic carbocycles. The van der Waals surface area contributed by atoms with Crippen LogP contribution < -0.4 is 0 Å². The standard InChI is InChI=1S/C6H7NO/c1-2-5-8-6-3-4-7/h1H,3,5-6H2. The van der Waals surface area contributed by atoms with Gasteiger partial charge in [0.1, 0.15) is 6.61 Å². The Hall–Kier alpha value is -0.990. The van der Waals surface area contributed by atoms with Gasteiger partial charge in [0.15, 0.2) is 0 Å². The Bertz CT molecular complexity index is 101. The highest BCUT2D eigenvalue weighted by Crippen LogP contribution is 1.76. The van der Waals surface area contributed by atoms with E-state index in [-0.39, 0.29) is 0 Å². The number of hydrogen-bond donors (Lipinski definition) is 0. The largest absolute Gasteiger partial charge is 0.368 e. The van der Waals surface area contributed by atoms with E-state index in [9.17, 15) is 0 Å². The molecule has 0 spiro atoms. The van der Waals surface area contributed by atoms with E-state index >= 15 is 0 Å². The summed E-state index contributed by atoms with van der Waals surface area (Å²) >= 11 is 0. The van der Waals surface area contributed by atoms with E-state index in [0.717, 1.165) is 0 Å². The van der Waals surface area contributed by atoms with Crippen LogP contribution in [0.1, 0.15) is 6.42 Å². The van der Waals surface area contributed by atoms with Crippen LogP contribution in [0.2, 0.25) is 0 Å². The fraction of sp³-hybridized carbons (Fsp3) is 0.500. The van der Waals surface area contributed by atoms with E-state index in [2.05, 4.69) is 5.92 Å². The molecule has 8 heavy (non-hydrogen) atoms. The number of nitriles is 1. The van der Waals surface area contributed by atoms with Crippen molar-refractivity contribution in [2.24, 2.45) is 0 Å². The number of ether oxygens (including phenoxy) is 1. The fourth-order valence-corrected chi connectivity index (χ4v) is 0.249. The first-order valence-corrected chi connectivity index (χ1v) is 2.30. The molecular weight excluding hydrogens is 102 g/mol. The Kier molecular flexibility index (Phi) is 5.27. The predicted molar refractivity (Wildman–Crippen MR) is 29.9 cm³/mol. The van der Waals surface area contributed by atoms with Crippen molar-refractivity contribution in [1.82, 2.24) is 0 Å². The van der Waals surface area contributed by atoms with Crippen molar-refractivity contribution in [2.75, 3.05) is 13.2 Å². The Morgan fingerprint density at radius 1 is 1.62 bits per heavy atom. The average Bonchev–Trinajstić information content (AvgIpc) is 1.81. The van der Waals surface area contributed by atoms with Crippen LogP contribution in [0.5, 0.6) is 0 Å². The molecule has 0 atom stereocenters. The molecule has 0 aromatic rings. The van der Waals surface area contributed by atoms with Crippen LogP contribution in [0.3, 0.4) is 0 Å². The first-order chi connectivity index (χ1) is 3.91. The van der Waals surface area contributed by atoms with Crippen molar-refractivity contribution in [1.29, 1.82) is 5.26 Å². The third-order valence-electron chi connectivity index (χ3n) is 0.544. The van der Waals surface area contributed by atoms with Crippen LogP contribution in [0.4, 0.5) is 0 Å². The molecule has 0 rings (SSSR count). The summed E-state index contributed by atoms with van der Waals surface area (Å²) in [5.41, 5.74) is 0. The minimum Gasteiger partial charge on any atom is -0.368 e. The SMILES string of the molecule is C#CCOCCC#N. The maximum Gasteiger partial charge on any atom is 0.107 e. The summed E-state index contributed by atoms with van der Waals surface area (Å²) in [5, 5.41) is 7.98. The minimum absolute atomic E-state index is 0.307. The molecular formula is C6H7NO. The summed E-state index contributed by atoms with van der Waals surface area (Å²) in [6.07, 6.45) is 5.27. The lowest BCUT2D eigenvalue weighted by molar-refractivity contribution is 0.173. The van der Waals surface area contributed by atoms with Crippen LogP contribution in [0, 0.1) is 23.7 Å². The van der Waals surface area contributed by atoms with Gasteiger partial charge in [0, 0.05) is 0 Å². The lowest BCUT2D eigenvalue weighted by Crippen LogP contribution is -1.91. The smallest absolute Gasteiger partial charge is 0.107 e. The van der Waals surface area contributed by atoms with E-state index < -0.39 is 0 Å². The second-order valence-electron chi connectivity index (χ2n) is 1.16. The van der Waals surface area contributed by atoms with Gasteiger partial charge in [0.05, 0.1) is 19.1 Å². The fourth-order valence-electron chi connectivity index (χ4n) is 0.249. The molecule has 0 unspecified atom stereocenters. The highest BCUT2D eigenvalue weighted by atomic mass is 16.5. The molecule has 2 heteroatoms. The summed E-state index contributed by atoms with van der Waals surface area (Å²) in [6, 6.07) is 1.93. The van der Waals surface area contributed by atoms with Crippen molar-refractivity contribution >= 4 is 0 Å². The van der Waals surface area contributed by atoms with Crippen LogP contribution in [-0.4, -0.2) is 13.2 Å². The Balaban J connectivity index is 2.77. The normalized spacial score (nSPS) is 7.25. The van der Waals surface area contributed by atoms with Gasteiger partial charge >= 0.3 is 0 Å². The molecule has 42 valence electrons. The van der Waals surface area contributed by atoms with Gasteiger partial charge in [0.2, 0.25) is 0 Å². The zero-order valence-corrected chi connectivity index (χ0v) is 4.55. The highest BCUT2D eigenvalue weighted by Gasteiger charge is 1.79. The maximum atomic E-state index is 7.98. The Morgan fingerprint density at radius 2 is 2.38 bits per heavy atom. The van der Waals surface area contributed by atoms with Crippen molar-refractivity contribution in [3.05, 3.63) is 0 Å². The van der Waals surface area contributed by atoms with Gasteiger partial charge in [-0.05, 0) is 0 Å². The second kappa shape index (κ2) is 6.01. The first kappa shape index (κ1) is 7.01. The van der Waals surface area contributed by atoms with E-state index in [1.54, 1.807) is 0 Å². The lowest BCUT2D eigenvalue weighted by Gasteiger charge is -1.90. The van der Waals surface area contributed by atoms with Gasteiger partial charge < -0.3 is 4.74 Å². The van der Waals surface area contributed by atoms with Crippen LogP contribution >= 0.6 is 0 Å². The molecule has 0 aliphatic carbocycles. The number of terminal acetylenes is 1. The molecule has 0 saturated carbocycles. The van der Waals surface area contributed by atoms with Crippen molar-refractivity contribution in [3.63, 3.8) is 0 Å². The summed E-state index contributed by atoms with van der Waals surface area (Å²) in [7, 11) is 0. The zero-order chi connectivity index (χ0) is 6.24. The average molecular weight is 109 g/mol. The molecule has 2 nitrogen and oxygen atoms in total. The van der Waals surface area contributed by atoms with Gasteiger partial charge in [0.25, 0.3) is 0 Å². The van der Waals surface area contributed by atoms with Gasteiger partial charge in [-0.15, -0.1) is 6.42 Å². The Labute approximate surface area is 49.1 Å². The van der Waals surface area contributed by atoms with Gasteiger partial charge in [-0.1, -0.05) is 5.92 Å². The molecule has 0 heterocycles. The number of rotatable bonds is 3. The summed E-state index contributed by atoms with van der Waals surface area (Å²) in [5.74, 6) is 2.29. The third-order valence-corrected chi connectivity index (χ3v) is 0.544. The van der Waals surface area contributed by atoms with Gasteiger partial charge in [-0.3, -0.25) is 0 Å². The van der Waals surface area contributed by atoms with Crippen LogP contribution in [-0.2, 0) is 4.74 Å². The molecule has 0 aliphatic heterocycles. The molecule has 0 bridgehead atoms. The van der Waals surface area contributed by atoms with Gasteiger partial charge in [-0.2, -0.15) is 5.26 Å². The van der Waals surface area contributed by atoms with Crippen molar-refractivity contribution in [3.8, 4) is 18.4 Å². The molecule has 0 aliphatic rings.